The van der Waals surface area contributed by atoms with Crippen LogP contribution in [0.5, 0.6) is 0 Å². The van der Waals surface area contributed by atoms with Crippen LogP contribution in [0.25, 0.3) is 0 Å². The number of aliphatic hydroxyl groups excluding tert-OH is 1. The minimum atomic E-state index is -1.06. The average Bonchev–Trinajstić information content (AvgIpc) is 2.35. The number of hydrogen-bond donors (Lipinski definition) is 2. The first-order valence-corrected chi connectivity index (χ1v) is 4.62. The first kappa shape index (κ1) is 12.4. The molecule has 0 atom stereocenters. The van der Waals surface area contributed by atoms with Crippen LogP contribution in [-0.4, -0.2) is 23.5 Å². The highest BCUT2D eigenvalue weighted by molar-refractivity contribution is 6.38. The fraction of sp³-hybridized carbons (Fsp3) is 0.182. The third kappa shape index (κ3) is 3.45. The molecule has 1 aromatic carbocycles. The zero-order chi connectivity index (χ0) is 12.0. The van der Waals surface area contributed by atoms with E-state index in [1.165, 1.54) is 0 Å². The maximum Gasteiger partial charge on any atom is 0.377 e. The van der Waals surface area contributed by atoms with Crippen LogP contribution in [0.2, 0.25) is 0 Å². The molecule has 1 radical (unpaired) electrons. The lowest BCUT2D eigenvalue weighted by atomic mass is 10.2. The summed E-state index contributed by atoms with van der Waals surface area (Å²) in [5, 5.41) is 8.55. The van der Waals surface area contributed by atoms with E-state index < -0.39 is 24.4 Å². The molecule has 0 aliphatic rings. The van der Waals surface area contributed by atoms with Gasteiger partial charge in [-0.05, 0) is 5.56 Å². The van der Waals surface area contributed by atoms with E-state index in [4.69, 9.17) is 15.6 Å². The molecule has 5 nitrogen and oxygen atoms in total. The smallest absolute Gasteiger partial charge is 0.377 e. The molecule has 5 heteroatoms. The first-order valence-electron chi connectivity index (χ1n) is 4.62. The number of ketones is 1. The van der Waals surface area contributed by atoms with E-state index in [1.54, 1.807) is 24.3 Å². The van der Waals surface area contributed by atoms with Crippen molar-refractivity contribution in [1.29, 1.82) is 0 Å². The number of carbonyl (C=O) groups is 2. The molecule has 0 saturated carbocycles. The molecule has 0 fully saturated rings. The maximum absolute atomic E-state index is 11.1. The predicted octanol–water partition coefficient (Wildman–Crippen LogP) is -0.218. The third-order valence-corrected chi connectivity index (χ3v) is 1.86. The molecular weight excluding hydrogens is 210 g/mol. The van der Waals surface area contributed by atoms with Gasteiger partial charge in [0.2, 0.25) is 0 Å². The highest BCUT2D eigenvalue weighted by Gasteiger charge is 2.23. The highest BCUT2D eigenvalue weighted by Crippen LogP contribution is 2.02. The molecular formula is C11H12NO4. The second-order valence-corrected chi connectivity index (χ2v) is 3.07. The SMILES string of the molecule is N[C](CO)C(=O)C(=O)OCc1ccccc1. The van der Waals surface area contributed by atoms with Crippen LogP contribution in [0.1, 0.15) is 5.56 Å². The van der Waals surface area contributed by atoms with Gasteiger partial charge in [-0.25, -0.2) is 4.79 Å². The molecule has 0 spiro atoms. The second kappa shape index (κ2) is 5.99. The molecule has 0 aliphatic heterocycles. The quantitative estimate of drug-likeness (QED) is 0.531. The summed E-state index contributed by atoms with van der Waals surface area (Å²) >= 11 is 0. The van der Waals surface area contributed by atoms with Crippen molar-refractivity contribution < 1.29 is 19.4 Å². The lowest BCUT2D eigenvalue weighted by molar-refractivity contribution is -0.154. The number of ether oxygens (including phenoxy) is 1. The van der Waals surface area contributed by atoms with Gasteiger partial charge in [0.25, 0.3) is 5.78 Å². The molecule has 0 saturated heterocycles. The molecule has 0 amide bonds. The number of Topliss-reactive ketones (excluding diaryl/α,β-unsaturated/α-hetero) is 1. The molecule has 16 heavy (non-hydrogen) atoms. The van der Waals surface area contributed by atoms with Crippen molar-refractivity contribution in [3.8, 4) is 0 Å². The molecule has 3 N–H and O–H groups in total. The largest absolute Gasteiger partial charge is 0.455 e. The Morgan fingerprint density at radius 2 is 1.88 bits per heavy atom. The van der Waals surface area contributed by atoms with Gasteiger partial charge in [-0.2, -0.15) is 0 Å². The Labute approximate surface area is 92.8 Å². The van der Waals surface area contributed by atoms with Gasteiger partial charge < -0.3 is 15.6 Å². The lowest BCUT2D eigenvalue weighted by Crippen LogP contribution is -2.32. The molecule has 85 valence electrons. The third-order valence-electron chi connectivity index (χ3n) is 1.86. The van der Waals surface area contributed by atoms with Crippen LogP contribution >= 0.6 is 0 Å². The van der Waals surface area contributed by atoms with Crippen molar-refractivity contribution >= 4 is 11.8 Å². The number of nitrogens with two attached hydrogens (primary N) is 1. The minimum absolute atomic E-state index is 0.00409. The highest BCUT2D eigenvalue weighted by atomic mass is 16.5. The summed E-state index contributed by atoms with van der Waals surface area (Å²) < 4.78 is 4.71. The van der Waals surface area contributed by atoms with Crippen LogP contribution in [0, 0.1) is 6.04 Å². The molecule has 0 bridgehead atoms. The Morgan fingerprint density at radius 1 is 1.25 bits per heavy atom. The fourth-order valence-corrected chi connectivity index (χ4v) is 0.992. The monoisotopic (exact) mass is 222 g/mol. The van der Waals surface area contributed by atoms with E-state index >= 15 is 0 Å². The van der Waals surface area contributed by atoms with Crippen LogP contribution in [-0.2, 0) is 20.9 Å². The van der Waals surface area contributed by atoms with Crippen LogP contribution < -0.4 is 5.73 Å². The number of hydrogen-bond acceptors (Lipinski definition) is 5. The summed E-state index contributed by atoms with van der Waals surface area (Å²) in [5.41, 5.74) is 5.87. The van der Waals surface area contributed by atoms with Gasteiger partial charge in [0, 0.05) is 0 Å². The summed E-state index contributed by atoms with van der Waals surface area (Å²) in [6.45, 7) is -0.649. The normalized spacial score (nSPS) is 10.2. The Kier molecular flexibility index (Phi) is 4.63. The van der Waals surface area contributed by atoms with E-state index in [-0.39, 0.29) is 6.61 Å². The van der Waals surface area contributed by atoms with Crippen molar-refractivity contribution in [2.75, 3.05) is 6.61 Å². The Hall–Kier alpha value is -1.72. The van der Waals surface area contributed by atoms with Crippen molar-refractivity contribution in [1.82, 2.24) is 0 Å². The van der Waals surface area contributed by atoms with Gasteiger partial charge in [-0.1, -0.05) is 30.3 Å². The summed E-state index contributed by atoms with van der Waals surface area (Å²) in [7, 11) is 0. The molecule has 0 aromatic heterocycles. The molecule has 0 aliphatic carbocycles. The summed E-state index contributed by atoms with van der Waals surface area (Å²) in [6, 6.07) is 8.51. The maximum atomic E-state index is 11.1. The Bertz CT molecular complexity index is 364. The average molecular weight is 222 g/mol. The van der Waals surface area contributed by atoms with Crippen molar-refractivity contribution in [3.63, 3.8) is 0 Å². The first-order chi connectivity index (χ1) is 7.65. The Balaban J connectivity index is 2.44. The van der Waals surface area contributed by atoms with Gasteiger partial charge in [0.05, 0.1) is 6.61 Å². The van der Waals surface area contributed by atoms with Crippen LogP contribution in [0.4, 0.5) is 0 Å². The van der Waals surface area contributed by atoms with E-state index in [0.717, 1.165) is 5.56 Å². The number of aliphatic hydroxyl groups is 1. The van der Waals surface area contributed by atoms with Crippen molar-refractivity contribution in [2.45, 2.75) is 6.61 Å². The molecule has 0 unspecified atom stereocenters. The summed E-state index contributed by atoms with van der Waals surface area (Å²) in [4.78, 5) is 22.2. The van der Waals surface area contributed by atoms with E-state index in [9.17, 15) is 9.59 Å². The predicted molar refractivity (Wildman–Crippen MR) is 55.8 cm³/mol. The number of benzene rings is 1. The van der Waals surface area contributed by atoms with Gasteiger partial charge in [0.1, 0.15) is 12.6 Å². The molecule has 1 aromatic rings. The topological polar surface area (TPSA) is 89.6 Å². The second-order valence-electron chi connectivity index (χ2n) is 3.07. The van der Waals surface area contributed by atoms with Crippen molar-refractivity contribution in [2.24, 2.45) is 5.73 Å². The zero-order valence-corrected chi connectivity index (χ0v) is 8.55. The van der Waals surface area contributed by atoms with E-state index in [1.807, 2.05) is 6.07 Å². The molecule has 0 heterocycles. The van der Waals surface area contributed by atoms with Gasteiger partial charge in [0.15, 0.2) is 0 Å². The van der Waals surface area contributed by atoms with Gasteiger partial charge in [-0.3, -0.25) is 4.79 Å². The van der Waals surface area contributed by atoms with E-state index in [0.29, 0.717) is 0 Å². The standard InChI is InChI=1S/C11H12NO4/c12-9(6-13)10(14)11(15)16-7-8-4-2-1-3-5-8/h1-5,13H,6-7,12H2. The summed E-state index contributed by atoms with van der Waals surface area (Å²) in [5.74, 6) is -2.06. The number of esters is 1. The van der Waals surface area contributed by atoms with E-state index in [2.05, 4.69) is 0 Å². The number of carbonyl (C=O) groups excluding carboxylic acids is 2. The van der Waals surface area contributed by atoms with Crippen LogP contribution in [0.15, 0.2) is 30.3 Å². The fourth-order valence-electron chi connectivity index (χ4n) is 0.992. The minimum Gasteiger partial charge on any atom is -0.455 e. The zero-order valence-electron chi connectivity index (χ0n) is 8.55. The van der Waals surface area contributed by atoms with Crippen LogP contribution in [0.3, 0.4) is 0 Å². The van der Waals surface area contributed by atoms with Gasteiger partial charge >= 0.3 is 5.97 Å². The molecule has 1 rings (SSSR count). The number of rotatable bonds is 5. The van der Waals surface area contributed by atoms with Crippen molar-refractivity contribution in [3.05, 3.63) is 41.9 Å². The summed E-state index contributed by atoms with van der Waals surface area (Å²) in [6.07, 6.45) is 0. The lowest BCUT2D eigenvalue weighted by Gasteiger charge is -2.06. The van der Waals surface area contributed by atoms with Gasteiger partial charge in [-0.15, -0.1) is 0 Å². The Morgan fingerprint density at radius 3 is 2.44 bits per heavy atom.